The first kappa shape index (κ1) is 23.9. The van der Waals surface area contributed by atoms with Crippen LogP contribution >= 0.6 is 0 Å². The van der Waals surface area contributed by atoms with E-state index in [2.05, 4.69) is 5.32 Å². The van der Waals surface area contributed by atoms with E-state index >= 15 is 0 Å². The maximum atomic E-state index is 12.7. The average molecular weight is 441 g/mol. The zero-order valence-electron chi connectivity index (χ0n) is 19.6. The van der Waals surface area contributed by atoms with E-state index in [0.717, 1.165) is 35.5 Å². The average Bonchev–Trinajstić information content (AvgIpc) is 3.10. The number of aromatic nitrogens is 1. The van der Waals surface area contributed by atoms with E-state index in [1.54, 1.807) is 14.0 Å². The fourth-order valence-corrected chi connectivity index (χ4v) is 4.46. The number of rotatable bonds is 8. The second-order valence-electron chi connectivity index (χ2n) is 8.49. The van der Waals surface area contributed by atoms with E-state index in [4.69, 9.17) is 9.47 Å². The molecule has 2 aromatic rings. The first-order chi connectivity index (χ1) is 15.5. The highest BCUT2D eigenvalue weighted by atomic mass is 16.5. The molecule has 1 saturated carbocycles. The number of ether oxygens (including phenoxy) is 2. The van der Waals surface area contributed by atoms with Crippen LogP contribution < -0.4 is 10.1 Å². The standard InChI is InChI=1S/C26H36N2O4/c1-4-32-26(30)23-18-24(20-12-14-22(31-3)15-13-20)28(19(23)2)17-16-25(29)27-21-10-8-6-5-7-9-11-21/h12-15,18,21H,4-11,16-17H2,1-3H3,(H,27,29). The predicted molar refractivity (Wildman–Crippen MR) is 126 cm³/mol. The van der Waals surface area contributed by atoms with E-state index in [-0.39, 0.29) is 17.9 Å². The van der Waals surface area contributed by atoms with Crippen LogP contribution in [0.15, 0.2) is 30.3 Å². The van der Waals surface area contributed by atoms with Gasteiger partial charge in [-0.05, 0) is 62.6 Å². The molecule has 174 valence electrons. The van der Waals surface area contributed by atoms with Crippen LogP contribution in [-0.4, -0.2) is 36.2 Å². The molecule has 0 unspecified atom stereocenters. The van der Waals surface area contributed by atoms with Gasteiger partial charge in [-0.1, -0.05) is 32.1 Å². The molecule has 1 fully saturated rings. The molecule has 0 bridgehead atoms. The lowest BCUT2D eigenvalue weighted by atomic mass is 9.96. The molecule has 0 spiro atoms. The molecule has 0 saturated heterocycles. The molecule has 1 aromatic carbocycles. The molecule has 0 radical (unpaired) electrons. The molecule has 32 heavy (non-hydrogen) atoms. The minimum absolute atomic E-state index is 0.0713. The Morgan fingerprint density at radius 2 is 1.72 bits per heavy atom. The lowest BCUT2D eigenvalue weighted by Crippen LogP contribution is -2.35. The van der Waals surface area contributed by atoms with Gasteiger partial charge < -0.3 is 19.4 Å². The first-order valence-electron chi connectivity index (χ1n) is 11.8. The third-order valence-electron chi connectivity index (χ3n) is 6.28. The van der Waals surface area contributed by atoms with Crippen molar-refractivity contribution in [3.63, 3.8) is 0 Å². The van der Waals surface area contributed by atoms with Gasteiger partial charge in [-0.25, -0.2) is 4.79 Å². The molecule has 1 aromatic heterocycles. The number of esters is 1. The maximum Gasteiger partial charge on any atom is 0.339 e. The molecule has 1 aliphatic carbocycles. The van der Waals surface area contributed by atoms with Crippen molar-refractivity contribution in [2.75, 3.05) is 13.7 Å². The highest BCUT2D eigenvalue weighted by Gasteiger charge is 2.21. The Morgan fingerprint density at radius 1 is 1.06 bits per heavy atom. The largest absolute Gasteiger partial charge is 0.497 e. The number of carbonyl (C=O) groups excluding carboxylic acids is 2. The summed E-state index contributed by atoms with van der Waals surface area (Å²) in [4.78, 5) is 25.2. The molecule has 1 amide bonds. The van der Waals surface area contributed by atoms with Crippen LogP contribution in [0.3, 0.4) is 0 Å². The van der Waals surface area contributed by atoms with Gasteiger partial charge in [0.05, 0.1) is 19.3 Å². The fraction of sp³-hybridized carbons (Fsp3) is 0.538. The van der Waals surface area contributed by atoms with Gasteiger partial charge in [0.25, 0.3) is 0 Å². The number of benzene rings is 1. The highest BCUT2D eigenvalue weighted by molar-refractivity contribution is 5.92. The lowest BCUT2D eigenvalue weighted by molar-refractivity contribution is -0.122. The lowest BCUT2D eigenvalue weighted by Gasteiger charge is -2.21. The second-order valence-corrected chi connectivity index (χ2v) is 8.49. The number of carbonyl (C=O) groups is 2. The number of nitrogens with zero attached hydrogens (tertiary/aromatic N) is 1. The van der Waals surface area contributed by atoms with Crippen LogP contribution in [0.25, 0.3) is 11.3 Å². The Bertz CT molecular complexity index is 893. The molecule has 3 rings (SSSR count). The SMILES string of the molecule is CCOC(=O)c1cc(-c2ccc(OC)cc2)n(CCC(=O)NC2CCCCCCC2)c1C. The van der Waals surface area contributed by atoms with Crippen LogP contribution in [0, 0.1) is 6.92 Å². The van der Waals surface area contributed by atoms with Gasteiger partial charge in [0.1, 0.15) is 5.75 Å². The molecule has 6 heteroatoms. The smallest absolute Gasteiger partial charge is 0.339 e. The Labute approximate surface area is 191 Å². The summed E-state index contributed by atoms with van der Waals surface area (Å²) in [5, 5.41) is 3.24. The topological polar surface area (TPSA) is 69.6 Å². The molecule has 1 aliphatic rings. The summed E-state index contributed by atoms with van der Waals surface area (Å²) >= 11 is 0. The first-order valence-corrected chi connectivity index (χ1v) is 11.8. The molecule has 1 N–H and O–H groups in total. The van der Waals surface area contributed by atoms with Crippen LogP contribution in [0.1, 0.15) is 74.3 Å². The molecule has 0 aliphatic heterocycles. The highest BCUT2D eigenvalue weighted by Crippen LogP contribution is 2.28. The molecule has 1 heterocycles. The third kappa shape index (κ3) is 6.15. The fourth-order valence-electron chi connectivity index (χ4n) is 4.46. The summed E-state index contributed by atoms with van der Waals surface area (Å²) in [5.41, 5.74) is 3.21. The number of amides is 1. The van der Waals surface area contributed by atoms with E-state index in [0.29, 0.717) is 25.1 Å². The van der Waals surface area contributed by atoms with Gasteiger partial charge in [-0.2, -0.15) is 0 Å². The molecular weight excluding hydrogens is 404 g/mol. The zero-order chi connectivity index (χ0) is 22.9. The summed E-state index contributed by atoms with van der Waals surface area (Å²) in [6.07, 6.45) is 8.71. The number of hydrogen-bond donors (Lipinski definition) is 1. The van der Waals surface area contributed by atoms with E-state index in [9.17, 15) is 9.59 Å². The normalized spacial score (nSPS) is 15.0. The van der Waals surface area contributed by atoms with Crippen LogP contribution in [0.2, 0.25) is 0 Å². The number of nitrogens with one attached hydrogen (secondary N) is 1. The van der Waals surface area contributed by atoms with Crippen molar-refractivity contribution in [1.29, 1.82) is 0 Å². The summed E-state index contributed by atoms with van der Waals surface area (Å²) in [6, 6.07) is 9.87. The number of methoxy groups -OCH3 is 1. The van der Waals surface area contributed by atoms with Gasteiger partial charge >= 0.3 is 5.97 Å². The Kier molecular flexibility index (Phi) is 8.77. The minimum atomic E-state index is -0.336. The van der Waals surface area contributed by atoms with Gasteiger partial charge in [-0.15, -0.1) is 0 Å². The van der Waals surface area contributed by atoms with Crippen molar-refractivity contribution in [2.24, 2.45) is 0 Å². The Hall–Kier alpha value is -2.76. The monoisotopic (exact) mass is 440 g/mol. The molecule has 6 nitrogen and oxygen atoms in total. The summed E-state index contributed by atoms with van der Waals surface area (Å²) in [5.74, 6) is 0.507. The van der Waals surface area contributed by atoms with Gasteiger partial charge in [-0.3, -0.25) is 4.79 Å². The van der Waals surface area contributed by atoms with E-state index in [1.807, 2.05) is 41.8 Å². The van der Waals surface area contributed by atoms with Crippen LogP contribution in [0.5, 0.6) is 5.75 Å². The number of hydrogen-bond acceptors (Lipinski definition) is 4. The zero-order valence-corrected chi connectivity index (χ0v) is 19.6. The summed E-state index contributed by atoms with van der Waals surface area (Å²) < 4.78 is 12.6. The van der Waals surface area contributed by atoms with Gasteiger partial charge in [0.15, 0.2) is 0 Å². The van der Waals surface area contributed by atoms with Crippen molar-refractivity contribution in [1.82, 2.24) is 9.88 Å². The van der Waals surface area contributed by atoms with E-state index in [1.165, 1.54) is 32.1 Å². The van der Waals surface area contributed by atoms with Crippen molar-refractivity contribution < 1.29 is 19.1 Å². The van der Waals surface area contributed by atoms with Gasteiger partial charge in [0.2, 0.25) is 5.91 Å². The summed E-state index contributed by atoms with van der Waals surface area (Å²) in [6.45, 7) is 4.54. The van der Waals surface area contributed by atoms with Crippen molar-refractivity contribution in [3.05, 3.63) is 41.6 Å². The van der Waals surface area contributed by atoms with Gasteiger partial charge in [0, 0.05) is 30.4 Å². The summed E-state index contributed by atoms with van der Waals surface area (Å²) in [7, 11) is 1.63. The molecular formula is C26H36N2O4. The minimum Gasteiger partial charge on any atom is -0.497 e. The Balaban J connectivity index is 1.77. The quantitative estimate of drug-likeness (QED) is 0.568. The van der Waals surface area contributed by atoms with E-state index < -0.39 is 0 Å². The second kappa shape index (κ2) is 11.7. The van der Waals surface area contributed by atoms with Crippen molar-refractivity contribution >= 4 is 11.9 Å². The van der Waals surface area contributed by atoms with Crippen LogP contribution in [0.4, 0.5) is 0 Å². The maximum absolute atomic E-state index is 12.7. The Morgan fingerprint density at radius 3 is 2.34 bits per heavy atom. The van der Waals surface area contributed by atoms with Crippen molar-refractivity contribution in [2.45, 2.75) is 77.8 Å². The van der Waals surface area contributed by atoms with Crippen molar-refractivity contribution in [3.8, 4) is 17.0 Å². The third-order valence-corrected chi connectivity index (χ3v) is 6.28. The molecule has 0 atom stereocenters. The predicted octanol–water partition coefficient (Wildman–Crippen LogP) is 5.27. The van der Waals surface area contributed by atoms with Crippen LogP contribution in [-0.2, 0) is 16.1 Å².